The van der Waals surface area contributed by atoms with Gasteiger partial charge >= 0.3 is 0 Å². The highest BCUT2D eigenvalue weighted by atomic mass is 19.1. The standard InChI is InChI=1S/C17H20FNO/c1-3-19-17(13-9-11-14(18)12-10-13)15-7-5-6-8-16(15)20-4-2/h5-12,17,19H,3-4H2,1-2H3. The minimum Gasteiger partial charge on any atom is -0.494 e. The van der Waals surface area contributed by atoms with E-state index in [0.29, 0.717) is 6.61 Å². The topological polar surface area (TPSA) is 21.3 Å². The molecule has 0 saturated carbocycles. The molecule has 20 heavy (non-hydrogen) atoms. The molecule has 0 aliphatic heterocycles. The summed E-state index contributed by atoms with van der Waals surface area (Å²) in [6, 6.07) is 14.6. The van der Waals surface area contributed by atoms with Gasteiger partial charge in [-0.1, -0.05) is 37.3 Å². The number of rotatable bonds is 6. The van der Waals surface area contributed by atoms with E-state index >= 15 is 0 Å². The summed E-state index contributed by atoms with van der Waals surface area (Å²) in [4.78, 5) is 0. The molecule has 1 N–H and O–H groups in total. The Kier molecular flexibility index (Phi) is 5.13. The van der Waals surface area contributed by atoms with E-state index in [1.807, 2.05) is 43.3 Å². The van der Waals surface area contributed by atoms with Crippen LogP contribution < -0.4 is 10.1 Å². The fourth-order valence-corrected chi connectivity index (χ4v) is 2.27. The largest absolute Gasteiger partial charge is 0.494 e. The van der Waals surface area contributed by atoms with Crippen LogP contribution in [-0.2, 0) is 0 Å². The van der Waals surface area contributed by atoms with Crippen LogP contribution in [0.5, 0.6) is 5.75 Å². The van der Waals surface area contributed by atoms with Crippen molar-refractivity contribution in [3.8, 4) is 5.75 Å². The van der Waals surface area contributed by atoms with Crippen molar-refractivity contribution in [3.05, 3.63) is 65.5 Å². The molecule has 2 rings (SSSR count). The van der Waals surface area contributed by atoms with Gasteiger partial charge in [0.15, 0.2) is 0 Å². The van der Waals surface area contributed by atoms with E-state index in [0.717, 1.165) is 23.4 Å². The van der Waals surface area contributed by atoms with Crippen molar-refractivity contribution in [2.24, 2.45) is 0 Å². The predicted molar refractivity (Wildman–Crippen MR) is 79.5 cm³/mol. The van der Waals surface area contributed by atoms with Crippen molar-refractivity contribution >= 4 is 0 Å². The van der Waals surface area contributed by atoms with E-state index in [9.17, 15) is 4.39 Å². The first-order chi connectivity index (χ1) is 9.76. The van der Waals surface area contributed by atoms with Crippen molar-refractivity contribution in [3.63, 3.8) is 0 Å². The zero-order chi connectivity index (χ0) is 14.4. The van der Waals surface area contributed by atoms with Crippen LogP contribution in [0.15, 0.2) is 48.5 Å². The normalized spacial score (nSPS) is 12.2. The Hall–Kier alpha value is -1.87. The molecule has 106 valence electrons. The molecule has 1 atom stereocenters. The van der Waals surface area contributed by atoms with Crippen molar-refractivity contribution in [1.82, 2.24) is 5.32 Å². The Morgan fingerprint density at radius 3 is 2.40 bits per heavy atom. The van der Waals surface area contributed by atoms with Crippen molar-refractivity contribution < 1.29 is 9.13 Å². The van der Waals surface area contributed by atoms with E-state index in [4.69, 9.17) is 4.74 Å². The van der Waals surface area contributed by atoms with Crippen LogP contribution in [0.2, 0.25) is 0 Å². The summed E-state index contributed by atoms with van der Waals surface area (Å²) < 4.78 is 18.8. The highest BCUT2D eigenvalue weighted by Gasteiger charge is 2.17. The maximum absolute atomic E-state index is 13.1. The maximum Gasteiger partial charge on any atom is 0.124 e. The second-order valence-electron chi connectivity index (χ2n) is 4.51. The SMILES string of the molecule is CCNC(c1ccc(F)cc1)c1ccccc1OCC. The average Bonchev–Trinajstić information content (AvgIpc) is 2.47. The lowest BCUT2D eigenvalue weighted by Crippen LogP contribution is -2.22. The summed E-state index contributed by atoms with van der Waals surface area (Å²) >= 11 is 0. The van der Waals surface area contributed by atoms with Gasteiger partial charge in [-0.3, -0.25) is 0 Å². The third-order valence-electron chi connectivity index (χ3n) is 3.14. The first-order valence-electron chi connectivity index (χ1n) is 6.96. The van der Waals surface area contributed by atoms with E-state index < -0.39 is 0 Å². The Balaban J connectivity index is 2.40. The summed E-state index contributed by atoms with van der Waals surface area (Å²) in [5.41, 5.74) is 2.10. The van der Waals surface area contributed by atoms with E-state index in [1.165, 1.54) is 12.1 Å². The lowest BCUT2D eigenvalue weighted by Gasteiger charge is -2.21. The van der Waals surface area contributed by atoms with Gasteiger partial charge < -0.3 is 10.1 Å². The first kappa shape index (κ1) is 14.5. The van der Waals surface area contributed by atoms with Gasteiger partial charge in [-0.05, 0) is 37.2 Å². The smallest absolute Gasteiger partial charge is 0.124 e. The molecule has 0 aliphatic rings. The second-order valence-corrected chi connectivity index (χ2v) is 4.51. The molecule has 0 fully saturated rings. The summed E-state index contributed by atoms with van der Waals surface area (Å²) in [6.45, 7) is 5.47. The molecule has 1 unspecified atom stereocenters. The zero-order valence-electron chi connectivity index (χ0n) is 11.9. The van der Waals surface area contributed by atoms with Crippen molar-refractivity contribution in [2.75, 3.05) is 13.2 Å². The summed E-state index contributed by atoms with van der Waals surface area (Å²) in [5, 5.41) is 3.43. The monoisotopic (exact) mass is 273 g/mol. The van der Waals surface area contributed by atoms with Gasteiger partial charge in [-0.15, -0.1) is 0 Å². The molecule has 0 bridgehead atoms. The average molecular weight is 273 g/mol. The Labute approximate surface area is 119 Å². The number of benzene rings is 2. The Morgan fingerprint density at radius 1 is 1.05 bits per heavy atom. The number of hydrogen-bond donors (Lipinski definition) is 1. The van der Waals surface area contributed by atoms with Crippen molar-refractivity contribution in [2.45, 2.75) is 19.9 Å². The van der Waals surface area contributed by atoms with Crippen LogP contribution in [0.25, 0.3) is 0 Å². The molecular weight excluding hydrogens is 253 g/mol. The molecule has 0 saturated heterocycles. The predicted octanol–water partition coefficient (Wildman–Crippen LogP) is 3.92. The number of hydrogen-bond acceptors (Lipinski definition) is 2. The number of nitrogens with one attached hydrogen (secondary N) is 1. The fourth-order valence-electron chi connectivity index (χ4n) is 2.27. The summed E-state index contributed by atoms with van der Waals surface area (Å²) in [7, 11) is 0. The zero-order valence-corrected chi connectivity index (χ0v) is 11.9. The second kappa shape index (κ2) is 7.06. The van der Waals surface area contributed by atoms with Gasteiger partial charge in [-0.25, -0.2) is 4.39 Å². The van der Waals surface area contributed by atoms with Crippen LogP contribution in [0.3, 0.4) is 0 Å². The third-order valence-corrected chi connectivity index (χ3v) is 3.14. The van der Waals surface area contributed by atoms with Gasteiger partial charge in [0.2, 0.25) is 0 Å². The third kappa shape index (κ3) is 3.36. The van der Waals surface area contributed by atoms with Gasteiger partial charge in [0, 0.05) is 5.56 Å². The first-order valence-corrected chi connectivity index (χ1v) is 6.96. The van der Waals surface area contributed by atoms with Crippen LogP contribution >= 0.6 is 0 Å². The van der Waals surface area contributed by atoms with E-state index in [-0.39, 0.29) is 11.9 Å². The summed E-state index contributed by atoms with van der Waals surface area (Å²) in [5.74, 6) is 0.646. The molecule has 0 aromatic heterocycles. The van der Waals surface area contributed by atoms with Gasteiger partial charge in [0.05, 0.1) is 12.6 Å². The van der Waals surface area contributed by atoms with Gasteiger partial charge in [0.25, 0.3) is 0 Å². The molecule has 2 nitrogen and oxygen atoms in total. The molecule has 2 aromatic carbocycles. The van der Waals surface area contributed by atoms with Gasteiger partial charge in [0.1, 0.15) is 11.6 Å². The highest BCUT2D eigenvalue weighted by Crippen LogP contribution is 2.30. The Bertz CT molecular complexity index is 539. The fraction of sp³-hybridized carbons (Fsp3) is 0.294. The minimum atomic E-state index is -0.220. The summed E-state index contributed by atoms with van der Waals surface area (Å²) in [6.07, 6.45) is 0. The highest BCUT2D eigenvalue weighted by molar-refractivity contribution is 5.41. The van der Waals surface area contributed by atoms with Crippen LogP contribution in [0.4, 0.5) is 4.39 Å². The number of ether oxygens (including phenoxy) is 1. The Morgan fingerprint density at radius 2 is 1.75 bits per heavy atom. The van der Waals surface area contributed by atoms with Crippen molar-refractivity contribution in [1.29, 1.82) is 0 Å². The minimum absolute atomic E-state index is 0.00310. The molecular formula is C17H20FNO. The van der Waals surface area contributed by atoms with Crippen LogP contribution in [0, 0.1) is 5.82 Å². The molecule has 3 heteroatoms. The molecule has 0 spiro atoms. The molecule has 2 aromatic rings. The van der Waals surface area contributed by atoms with Crippen LogP contribution in [0.1, 0.15) is 31.0 Å². The number of para-hydroxylation sites is 1. The van der Waals surface area contributed by atoms with Gasteiger partial charge in [-0.2, -0.15) is 0 Å². The molecule has 0 amide bonds. The molecule has 0 radical (unpaired) electrons. The van der Waals surface area contributed by atoms with E-state index in [1.54, 1.807) is 0 Å². The van der Waals surface area contributed by atoms with E-state index in [2.05, 4.69) is 12.2 Å². The quantitative estimate of drug-likeness (QED) is 0.861. The lowest BCUT2D eigenvalue weighted by atomic mass is 9.97. The maximum atomic E-state index is 13.1. The molecule has 0 aliphatic carbocycles. The van der Waals surface area contributed by atoms with Crippen LogP contribution in [-0.4, -0.2) is 13.2 Å². The number of halogens is 1. The lowest BCUT2D eigenvalue weighted by molar-refractivity contribution is 0.333. The molecule has 0 heterocycles.